The Morgan fingerprint density at radius 3 is 2.49 bits per heavy atom. The highest BCUT2D eigenvalue weighted by molar-refractivity contribution is 7.95. The average Bonchev–Trinajstić information content (AvgIpc) is 3.29. The van der Waals surface area contributed by atoms with Crippen molar-refractivity contribution in [1.29, 1.82) is 0 Å². The molecule has 2 aromatic rings. The van der Waals surface area contributed by atoms with Crippen molar-refractivity contribution in [3.8, 4) is 0 Å². The van der Waals surface area contributed by atoms with E-state index in [9.17, 15) is 23.1 Å². The molecule has 0 atom stereocenters. The molecule has 1 aromatic heterocycles. The van der Waals surface area contributed by atoms with Gasteiger partial charge in [-0.25, -0.2) is 18.2 Å². The Labute approximate surface area is 210 Å². The van der Waals surface area contributed by atoms with Crippen LogP contribution in [0.1, 0.15) is 52.0 Å². The largest absolute Gasteiger partial charge is 0.480 e. The van der Waals surface area contributed by atoms with E-state index in [1.165, 1.54) is 0 Å². The predicted molar refractivity (Wildman–Crippen MR) is 134 cm³/mol. The van der Waals surface area contributed by atoms with Gasteiger partial charge in [0.25, 0.3) is 0 Å². The molecular weight excluding hydrogens is 490 g/mol. The second kappa shape index (κ2) is 11.5. The molecule has 9 nitrogen and oxygen atoms in total. The zero-order valence-electron chi connectivity index (χ0n) is 20.3. The van der Waals surface area contributed by atoms with Crippen LogP contribution >= 0.6 is 11.3 Å². The highest BCUT2D eigenvalue weighted by atomic mass is 32.2. The third-order valence-corrected chi connectivity index (χ3v) is 10.2. The minimum atomic E-state index is -4.17. The van der Waals surface area contributed by atoms with Gasteiger partial charge in [-0.15, -0.1) is 0 Å². The molecule has 11 heteroatoms. The van der Waals surface area contributed by atoms with Gasteiger partial charge in [0.15, 0.2) is 9.88 Å². The Kier molecular flexibility index (Phi) is 8.89. The molecule has 2 N–H and O–H groups in total. The zero-order chi connectivity index (χ0) is 25.6. The van der Waals surface area contributed by atoms with Crippen molar-refractivity contribution in [1.82, 2.24) is 9.88 Å². The van der Waals surface area contributed by atoms with Gasteiger partial charge in [-0.05, 0) is 51.0 Å². The highest BCUT2D eigenvalue weighted by Crippen LogP contribution is 2.32. The first-order valence-corrected chi connectivity index (χ1v) is 14.0. The van der Waals surface area contributed by atoms with Crippen LogP contribution in [0.5, 0.6) is 0 Å². The number of sulfone groups is 1. The van der Waals surface area contributed by atoms with Gasteiger partial charge >= 0.3 is 12.0 Å². The van der Waals surface area contributed by atoms with Crippen molar-refractivity contribution in [2.45, 2.75) is 68.1 Å². The molecule has 3 rings (SSSR count). The van der Waals surface area contributed by atoms with Crippen LogP contribution in [-0.2, 0) is 26.0 Å². The normalized spacial score (nSPS) is 18.7. The lowest BCUT2D eigenvalue weighted by Gasteiger charge is -2.36. The molecule has 1 saturated carbocycles. The topological polar surface area (TPSA) is 126 Å². The van der Waals surface area contributed by atoms with Crippen LogP contribution in [0.15, 0.2) is 40.7 Å². The van der Waals surface area contributed by atoms with Gasteiger partial charge in [0.2, 0.25) is 9.84 Å². The molecule has 2 amide bonds. The number of nitrogens with one attached hydrogen (secondary N) is 1. The Bertz CT molecular complexity index is 1110. The molecule has 1 aliphatic carbocycles. The van der Waals surface area contributed by atoms with E-state index >= 15 is 0 Å². The summed E-state index contributed by atoms with van der Waals surface area (Å²) in [5, 5.41) is 12.1. The zero-order valence-corrected chi connectivity index (χ0v) is 21.9. The number of aliphatic carboxylic acids is 1. The summed E-state index contributed by atoms with van der Waals surface area (Å²) in [5.74, 6) is -0.834. The second-order valence-corrected chi connectivity index (χ2v) is 13.1. The number of amides is 2. The van der Waals surface area contributed by atoms with Gasteiger partial charge in [-0.3, -0.25) is 10.1 Å². The van der Waals surface area contributed by atoms with Crippen LogP contribution in [-0.4, -0.2) is 59.3 Å². The van der Waals surface area contributed by atoms with Gasteiger partial charge in [-0.2, -0.15) is 0 Å². The van der Waals surface area contributed by atoms with Gasteiger partial charge in [0.1, 0.15) is 4.21 Å². The number of urea groups is 1. The Morgan fingerprint density at radius 1 is 1.20 bits per heavy atom. The second-order valence-electron chi connectivity index (χ2n) is 9.38. The van der Waals surface area contributed by atoms with Crippen molar-refractivity contribution in [2.24, 2.45) is 5.92 Å². The van der Waals surface area contributed by atoms with Crippen LogP contribution in [0.25, 0.3) is 0 Å². The monoisotopic (exact) mass is 523 g/mol. The van der Waals surface area contributed by atoms with Crippen molar-refractivity contribution in [3.05, 3.63) is 42.1 Å². The van der Waals surface area contributed by atoms with Crippen molar-refractivity contribution >= 4 is 38.3 Å². The SMILES string of the molecule is CC1CCC(N(CCOCc2ccccc2)C(=O)Nc2ncc(S(=O)(=O)C(C)(C)C(=O)O)s2)CC1. The fraction of sp³-hybridized carbons (Fsp3) is 0.542. The van der Waals surface area contributed by atoms with E-state index < -0.39 is 20.6 Å². The van der Waals surface area contributed by atoms with Crippen molar-refractivity contribution in [3.63, 3.8) is 0 Å². The summed E-state index contributed by atoms with van der Waals surface area (Å²) in [4.78, 5) is 30.4. The number of aromatic nitrogens is 1. The van der Waals surface area contributed by atoms with Crippen LogP contribution in [0, 0.1) is 5.92 Å². The van der Waals surface area contributed by atoms with Crippen LogP contribution in [0.4, 0.5) is 9.93 Å². The number of thiazole rings is 1. The minimum absolute atomic E-state index is 0.0561. The summed E-state index contributed by atoms with van der Waals surface area (Å²) in [6.45, 7) is 5.66. The van der Waals surface area contributed by atoms with E-state index in [1.807, 2.05) is 30.3 Å². The Morgan fingerprint density at radius 2 is 1.86 bits per heavy atom. The lowest BCUT2D eigenvalue weighted by atomic mass is 9.86. The number of ether oxygens (including phenoxy) is 1. The predicted octanol–water partition coefficient (Wildman–Crippen LogP) is 4.41. The van der Waals surface area contributed by atoms with Gasteiger partial charge in [0, 0.05) is 12.6 Å². The first kappa shape index (κ1) is 27.1. The number of rotatable bonds is 10. The number of carbonyl (C=O) groups excluding carboxylic acids is 1. The molecule has 35 heavy (non-hydrogen) atoms. The maximum atomic E-state index is 13.2. The van der Waals surface area contributed by atoms with Gasteiger partial charge in [-0.1, -0.05) is 48.6 Å². The van der Waals surface area contributed by atoms with Gasteiger partial charge in [0.05, 0.1) is 19.4 Å². The summed E-state index contributed by atoms with van der Waals surface area (Å²) >= 11 is 0.750. The Balaban J connectivity index is 1.67. The minimum Gasteiger partial charge on any atom is -0.480 e. The number of benzene rings is 1. The third-order valence-electron chi connectivity index (χ3n) is 6.43. The fourth-order valence-electron chi connectivity index (χ4n) is 3.90. The molecule has 0 bridgehead atoms. The number of carboxylic acid groups (broad SMARTS) is 1. The molecule has 1 aromatic carbocycles. The van der Waals surface area contributed by atoms with E-state index in [1.54, 1.807) is 4.90 Å². The third kappa shape index (κ3) is 6.59. The number of hydrogen-bond acceptors (Lipinski definition) is 7. The Hall–Kier alpha value is -2.50. The maximum Gasteiger partial charge on any atom is 0.324 e. The summed E-state index contributed by atoms with van der Waals surface area (Å²) < 4.78 is 29.1. The molecule has 192 valence electrons. The number of anilines is 1. The first-order valence-electron chi connectivity index (χ1n) is 11.7. The quantitative estimate of drug-likeness (QED) is 0.442. The number of carboxylic acids is 1. The number of hydrogen-bond donors (Lipinski definition) is 2. The highest BCUT2D eigenvalue weighted by Gasteiger charge is 2.44. The van der Waals surface area contributed by atoms with E-state index in [0.717, 1.165) is 62.6 Å². The molecule has 1 fully saturated rings. The molecule has 0 saturated heterocycles. The van der Waals surface area contributed by atoms with Crippen molar-refractivity contribution in [2.75, 3.05) is 18.5 Å². The fourth-order valence-corrected chi connectivity index (χ4v) is 6.67. The average molecular weight is 524 g/mol. The maximum absolute atomic E-state index is 13.2. The molecule has 1 heterocycles. The van der Waals surface area contributed by atoms with Crippen LogP contribution < -0.4 is 5.32 Å². The molecule has 0 radical (unpaired) electrons. The smallest absolute Gasteiger partial charge is 0.324 e. The van der Waals surface area contributed by atoms with Crippen LogP contribution in [0.2, 0.25) is 0 Å². The van der Waals surface area contributed by atoms with E-state index in [0.29, 0.717) is 25.7 Å². The first-order chi connectivity index (χ1) is 16.5. The van der Waals surface area contributed by atoms with E-state index in [4.69, 9.17) is 4.74 Å². The summed E-state index contributed by atoms with van der Waals surface area (Å²) in [5.41, 5.74) is 1.05. The number of carbonyl (C=O) groups is 2. The standard InChI is InChI=1S/C24H33N3O6S2/c1-17-9-11-19(12-10-17)27(13-14-33-16-18-7-5-4-6-8-18)23(30)26-22-25-15-20(34-22)35(31,32)24(2,3)21(28)29/h4-8,15,17,19H,9-14,16H2,1-3H3,(H,28,29)(H,25,26,30). The lowest BCUT2D eigenvalue weighted by Crippen LogP contribution is -2.46. The lowest BCUT2D eigenvalue weighted by molar-refractivity contribution is -0.139. The summed E-state index contributed by atoms with van der Waals surface area (Å²) in [6, 6.07) is 9.48. The van der Waals surface area contributed by atoms with Crippen molar-refractivity contribution < 1.29 is 27.9 Å². The molecule has 1 aliphatic rings. The molecule has 0 aliphatic heterocycles. The summed E-state index contributed by atoms with van der Waals surface area (Å²) in [7, 11) is -4.17. The summed E-state index contributed by atoms with van der Waals surface area (Å²) in [6.07, 6.45) is 4.93. The van der Waals surface area contributed by atoms with E-state index in [2.05, 4.69) is 17.2 Å². The number of nitrogens with zero attached hydrogens (tertiary/aromatic N) is 2. The van der Waals surface area contributed by atoms with Gasteiger partial charge < -0.3 is 14.7 Å². The molecule has 0 spiro atoms. The molecular formula is C24H33N3O6S2. The van der Waals surface area contributed by atoms with Crippen LogP contribution in [0.3, 0.4) is 0 Å². The van der Waals surface area contributed by atoms with E-state index in [-0.39, 0.29) is 21.4 Å². The molecule has 0 unspecified atom stereocenters.